The van der Waals surface area contributed by atoms with E-state index in [0.717, 1.165) is 11.3 Å². The predicted octanol–water partition coefficient (Wildman–Crippen LogP) is 0.993. The van der Waals surface area contributed by atoms with Crippen molar-refractivity contribution in [1.29, 1.82) is 0 Å². The van der Waals surface area contributed by atoms with Crippen molar-refractivity contribution in [2.45, 2.75) is 13.3 Å². The van der Waals surface area contributed by atoms with E-state index in [2.05, 4.69) is 10.4 Å². The highest BCUT2D eigenvalue weighted by molar-refractivity contribution is 6.09. The molecule has 2 aromatic rings. The second kappa shape index (κ2) is 3.80. The van der Waals surface area contributed by atoms with Gasteiger partial charge in [-0.15, -0.1) is 0 Å². The summed E-state index contributed by atoms with van der Waals surface area (Å²) in [6.45, 7) is 1.97. The molecule has 0 spiro atoms. The Morgan fingerprint density at radius 2 is 2.06 bits per heavy atom. The maximum atomic E-state index is 11.6. The number of hydrogen-bond acceptors (Lipinski definition) is 3. The van der Waals surface area contributed by atoms with Crippen LogP contribution >= 0.6 is 0 Å². The second-order valence-electron chi connectivity index (χ2n) is 4.27. The van der Waals surface area contributed by atoms with Crippen molar-refractivity contribution in [2.75, 3.05) is 0 Å². The lowest BCUT2D eigenvalue weighted by atomic mass is 10.1. The first-order chi connectivity index (χ1) is 8.65. The number of carbonyl (C=O) groups is 2. The zero-order valence-corrected chi connectivity index (χ0v) is 9.80. The van der Waals surface area contributed by atoms with Crippen molar-refractivity contribution in [3.63, 3.8) is 0 Å². The topological polar surface area (TPSA) is 64.0 Å². The molecule has 0 saturated heterocycles. The summed E-state index contributed by atoms with van der Waals surface area (Å²) in [4.78, 5) is 22.9. The molecule has 1 aromatic heterocycles. The minimum absolute atomic E-state index is 0.153. The average Bonchev–Trinajstić information content (AvgIpc) is 2.73. The molecule has 3 rings (SSSR count). The smallest absolute Gasteiger partial charge is 0.261 e. The summed E-state index contributed by atoms with van der Waals surface area (Å²) in [5.41, 5.74) is 2.97. The molecule has 2 heterocycles. The van der Waals surface area contributed by atoms with Gasteiger partial charge in [-0.3, -0.25) is 14.9 Å². The maximum absolute atomic E-state index is 11.6. The number of nitrogens with one attached hydrogen (secondary N) is 1. The minimum atomic E-state index is -0.374. The molecule has 5 heteroatoms. The number of aromatic nitrogens is 2. The first-order valence-corrected chi connectivity index (χ1v) is 5.64. The summed E-state index contributed by atoms with van der Waals surface area (Å²) in [6.07, 6.45) is 1.82. The summed E-state index contributed by atoms with van der Waals surface area (Å²) in [5, 5.41) is 6.60. The Hall–Kier alpha value is -2.43. The van der Waals surface area contributed by atoms with Crippen LogP contribution in [0, 0.1) is 6.92 Å². The Balaban J connectivity index is 2.12. The first kappa shape index (κ1) is 10.7. The van der Waals surface area contributed by atoms with Crippen LogP contribution in [0.5, 0.6) is 0 Å². The highest BCUT2D eigenvalue weighted by Gasteiger charge is 2.26. The third-order valence-electron chi connectivity index (χ3n) is 2.98. The van der Waals surface area contributed by atoms with E-state index in [-0.39, 0.29) is 18.2 Å². The van der Waals surface area contributed by atoms with Gasteiger partial charge in [0.2, 0.25) is 5.91 Å². The molecular formula is C13H11N3O2. The van der Waals surface area contributed by atoms with Crippen LogP contribution in [0.2, 0.25) is 0 Å². The van der Waals surface area contributed by atoms with Gasteiger partial charge in [-0.25, -0.2) is 4.68 Å². The van der Waals surface area contributed by atoms with Gasteiger partial charge in [-0.05, 0) is 18.6 Å². The highest BCUT2D eigenvalue weighted by atomic mass is 16.2. The van der Waals surface area contributed by atoms with Crippen molar-refractivity contribution < 1.29 is 9.59 Å². The van der Waals surface area contributed by atoms with Gasteiger partial charge in [-0.2, -0.15) is 5.10 Å². The SMILES string of the molecule is Cc1ccccc1-n1cc2c(n1)CC(=O)NC2=O. The van der Waals surface area contributed by atoms with E-state index in [9.17, 15) is 9.59 Å². The minimum Gasteiger partial charge on any atom is -0.292 e. The van der Waals surface area contributed by atoms with E-state index in [1.807, 2.05) is 31.2 Å². The molecule has 1 aliphatic rings. The molecule has 5 nitrogen and oxygen atoms in total. The lowest BCUT2D eigenvalue weighted by molar-refractivity contribution is -0.119. The van der Waals surface area contributed by atoms with Crippen LogP contribution in [0.15, 0.2) is 30.5 Å². The second-order valence-corrected chi connectivity index (χ2v) is 4.27. The fourth-order valence-corrected chi connectivity index (χ4v) is 2.06. The van der Waals surface area contributed by atoms with Gasteiger partial charge in [0.1, 0.15) is 0 Å². The number of para-hydroxylation sites is 1. The lowest BCUT2D eigenvalue weighted by Crippen LogP contribution is -2.36. The van der Waals surface area contributed by atoms with Gasteiger partial charge in [0, 0.05) is 6.20 Å². The van der Waals surface area contributed by atoms with Crippen molar-refractivity contribution in [2.24, 2.45) is 0 Å². The Bertz CT molecular complexity index is 658. The third kappa shape index (κ3) is 1.60. The Labute approximate surface area is 103 Å². The molecule has 1 aromatic carbocycles. The number of benzene rings is 1. The van der Waals surface area contributed by atoms with Crippen molar-refractivity contribution in [3.8, 4) is 5.69 Å². The Morgan fingerprint density at radius 1 is 1.28 bits per heavy atom. The van der Waals surface area contributed by atoms with Gasteiger partial charge in [0.05, 0.1) is 23.4 Å². The maximum Gasteiger partial charge on any atom is 0.261 e. The molecule has 2 amide bonds. The van der Waals surface area contributed by atoms with E-state index in [0.29, 0.717) is 11.3 Å². The molecule has 1 N–H and O–H groups in total. The van der Waals surface area contributed by atoms with Crippen molar-refractivity contribution in [3.05, 3.63) is 47.3 Å². The normalized spacial score (nSPS) is 14.3. The van der Waals surface area contributed by atoms with Gasteiger partial charge in [0.25, 0.3) is 5.91 Å². The van der Waals surface area contributed by atoms with Crippen LogP contribution < -0.4 is 5.32 Å². The van der Waals surface area contributed by atoms with E-state index >= 15 is 0 Å². The number of amides is 2. The number of carbonyl (C=O) groups excluding carboxylic acids is 2. The average molecular weight is 241 g/mol. The van der Waals surface area contributed by atoms with E-state index in [1.54, 1.807) is 10.9 Å². The molecular weight excluding hydrogens is 230 g/mol. The van der Waals surface area contributed by atoms with Gasteiger partial charge >= 0.3 is 0 Å². The molecule has 0 atom stereocenters. The third-order valence-corrected chi connectivity index (χ3v) is 2.98. The molecule has 0 unspecified atom stereocenters. The number of aryl methyl sites for hydroxylation is 1. The molecule has 0 radical (unpaired) electrons. The van der Waals surface area contributed by atoms with Crippen LogP contribution in [0.3, 0.4) is 0 Å². The molecule has 0 bridgehead atoms. The number of rotatable bonds is 1. The standard InChI is InChI=1S/C13H11N3O2/c1-8-4-2-3-5-11(8)16-7-9-10(15-16)6-12(17)14-13(9)18/h2-5,7H,6H2,1H3,(H,14,17,18). The quantitative estimate of drug-likeness (QED) is 0.757. The Morgan fingerprint density at radius 3 is 2.83 bits per heavy atom. The molecule has 90 valence electrons. The molecule has 0 fully saturated rings. The first-order valence-electron chi connectivity index (χ1n) is 5.64. The Kier molecular flexibility index (Phi) is 2.26. The largest absolute Gasteiger partial charge is 0.292 e. The summed E-state index contributed by atoms with van der Waals surface area (Å²) in [7, 11) is 0. The van der Waals surface area contributed by atoms with Crippen molar-refractivity contribution >= 4 is 11.8 Å². The molecule has 18 heavy (non-hydrogen) atoms. The van der Waals surface area contributed by atoms with Crippen molar-refractivity contribution in [1.82, 2.24) is 15.1 Å². The van der Waals surface area contributed by atoms with Gasteiger partial charge < -0.3 is 0 Å². The monoisotopic (exact) mass is 241 g/mol. The number of imide groups is 1. The summed E-state index contributed by atoms with van der Waals surface area (Å²) >= 11 is 0. The van der Waals surface area contributed by atoms with Gasteiger partial charge in [0.15, 0.2) is 0 Å². The molecule has 1 aliphatic heterocycles. The number of fused-ring (bicyclic) bond motifs is 1. The van der Waals surface area contributed by atoms with E-state index < -0.39 is 0 Å². The molecule has 0 aliphatic carbocycles. The summed E-state index contributed by atoms with van der Waals surface area (Å²) in [5.74, 6) is -0.677. The van der Waals surface area contributed by atoms with Crippen LogP contribution in [0.4, 0.5) is 0 Å². The van der Waals surface area contributed by atoms with Crippen LogP contribution in [0.25, 0.3) is 5.69 Å². The highest BCUT2D eigenvalue weighted by Crippen LogP contribution is 2.18. The number of nitrogens with zero attached hydrogens (tertiary/aromatic N) is 2. The lowest BCUT2D eigenvalue weighted by Gasteiger charge is -2.07. The number of hydrogen-bond donors (Lipinski definition) is 1. The van der Waals surface area contributed by atoms with Crippen LogP contribution in [0.1, 0.15) is 21.6 Å². The summed E-state index contributed by atoms with van der Waals surface area (Å²) in [6, 6.07) is 7.75. The van der Waals surface area contributed by atoms with Crippen LogP contribution in [-0.4, -0.2) is 21.6 Å². The van der Waals surface area contributed by atoms with Crippen LogP contribution in [-0.2, 0) is 11.2 Å². The predicted molar refractivity (Wildman–Crippen MR) is 64.5 cm³/mol. The zero-order chi connectivity index (χ0) is 12.7. The van der Waals surface area contributed by atoms with E-state index in [1.165, 1.54) is 0 Å². The fourth-order valence-electron chi connectivity index (χ4n) is 2.06. The van der Waals surface area contributed by atoms with Gasteiger partial charge in [-0.1, -0.05) is 18.2 Å². The fraction of sp³-hybridized carbons (Fsp3) is 0.154. The molecule has 0 saturated carbocycles. The summed E-state index contributed by atoms with van der Waals surface area (Å²) < 4.78 is 1.65. The van der Waals surface area contributed by atoms with E-state index in [4.69, 9.17) is 0 Å². The zero-order valence-electron chi connectivity index (χ0n) is 9.80.